The number of aromatic amines is 1. The van der Waals surface area contributed by atoms with Gasteiger partial charge in [-0.1, -0.05) is 0 Å². The van der Waals surface area contributed by atoms with Crippen LogP contribution >= 0.6 is 0 Å². The first-order valence-corrected chi connectivity index (χ1v) is 3.66. The van der Waals surface area contributed by atoms with Crippen molar-refractivity contribution < 1.29 is 4.92 Å². The monoisotopic (exact) mass is 195 g/mol. The van der Waals surface area contributed by atoms with Crippen molar-refractivity contribution in [2.24, 2.45) is 7.05 Å². The maximum absolute atomic E-state index is 11.3. The molecule has 0 radical (unpaired) electrons. The molecule has 0 bridgehead atoms. The van der Waals surface area contributed by atoms with E-state index in [2.05, 4.69) is 15.1 Å². The highest BCUT2D eigenvalue weighted by Gasteiger charge is 2.23. The van der Waals surface area contributed by atoms with Crippen LogP contribution < -0.4 is 5.56 Å². The Morgan fingerprint density at radius 2 is 2.36 bits per heavy atom. The minimum absolute atomic E-state index is 0.0972. The average molecular weight is 195 g/mol. The summed E-state index contributed by atoms with van der Waals surface area (Å²) in [5.74, 6) is -0.475. The Morgan fingerprint density at radius 1 is 1.64 bits per heavy atom. The van der Waals surface area contributed by atoms with Gasteiger partial charge in [0.05, 0.1) is 18.5 Å². The second-order valence-corrected chi connectivity index (χ2v) is 2.63. The van der Waals surface area contributed by atoms with Crippen LogP contribution in [0, 0.1) is 10.1 Å². The first kappa shape index (κ1) is 8.35. The van der Waals surface area contributed by atoms with Gasteiger partial charge in [0.2, 0.25) is 0 Å². The van der Waals surface area contributed by atoms with Gasteiger partial charge in [0.15, 0.2) is 11.0 Å². The molecule has 0 aliphatic rings. The van der Waals surface area contributed by atoms with E-state index in [4.69, 9.17) is 0 Å². The quantitative estimate of drug-likeness (QED) is 0.490. The molecule has 0 aliphatic heterocycles. The zero-order valence-corrected chi connectivity index (χ0v) is 7.09. The lowest BCUT2D eigenvalue weighted by molar-refractivity contribution is -0.388. The van der Waals surface area contributed by atoms with Gasteiger partial charge in [0.1, 0.15) is 0 Å². The number of aromatic nitrogens is 4. The van der Waals surface area contributed by atoms with E-state index in [0.717, 1.165) is 0 Å². The maximum atomic E-state index is 11.3. The van der Waals surface area contributed by atoms with Gasteiger partial charge in [-0.15, -0.1) is 0 Å². The van der Waals surface area contributed by atoms with Crippen LogP contribution in [-0.4, -0.2) is 24.7 Å². The van der Waals surface area contributed by atoms with Crippen molar-refractivity contribution in [1.29, 1.82) is 0 Å². The maximum Gasteiger partial charge on any atom is 0.405 e. The molecule has 0 fully saturated rings. The Hall–Kier alpha value is -2.25. The van der Waals surface area contributed by atoms with Crippen molar-refractivity contribution in [3.8, 4) is 0 Å². The van der Waals surface area contributed by atoms with Crippen LogP contribution in [0.3, 0.4) is 0 Å². The molecule has 0 saturated carbocycles. The zero-order chi connectivity index (χ0) is 10.3. The zero-order valence-electron chi connectivity index (χ0n) is 7.09. The number of fused-ring (bicyclic) bond motifs is 1. The lowest BCUT2D eigenvalue weighted by Crippen LogP contribution is -2.07. The number of hydrogen-bond acceptors (Lipinski definition) is 5. The van der Waals surface area contributed by atoms with Crippen LogP contribution in [0.15, 0.2) is 11.1 Å². The number of hydrogen-bond donors (Lipinski definition) is 1. The summed E-state index contributed by atoms with van der Waals surface area (Å²) in [6, 6.07) is 0. The van der Waals surface area contributed by atoms with Crippen molar-refractivity contribution in [2.75, 3.05) is 0 Å². The van der Waals surface area contributed by atoms with Crippen molar-refractivity contribution in [1.82, 2.24) is 19.7 Å². The van der Waals surface area contributed by atoms with Gasteiger partial charge in [-0.25, -0.2) is 4.98 Å². The van der Waals surface area contributed by atoms with Gasteiger partial charge in [0.25, 0.3) is 5.56 Å². The smallest absolute Gasteiger partial charge is 0.358 e. The third kappa shape index (κ3) is 0.969. The second-order valence-electron chi connectivity index (χ2n) is 2.63. The fourth-order valence-electron chi connectivity index (χ4n) is 1.20. The summed E-state index contributed by atoms with van der Waals surface area (Å²) in [5, 5.41) is 14.0. The van der Waals surface area contributed by atoms with E-state index in [9.17, 15) is 14.9 Å². The van der Waals surface area contributed by atoms with E-state index < -0.39 is 16.3 Å². The summed E-state index contributed by atoms with van der Waals surface area (Å²) >= 11 is 0. The molecule has 2 rings (SSSR count). The van der Waals surface area contributed by atoms with Crippen molar-refractivity contribution >= 4 is 16.9 Å². The predicted molar refractivity (Wildman–Crippen MR) is 45.8 cm³/mol. The molecule has 0 unspecified atom stereocenters. The lowest BCUT2D eigenvalue weighted by Gasteiger charge is -1.87. The summed E-state index contributed by atoms with van der Waals surface area (Å²) in [7, 11) is 1.49. The van der Waals surface area contributed by atoms with Crippen LogP contribution in [-0.2, 0) is 7.05 Å². The molecule has 0 aliphatic carbocycles. The van der Waals surface area contributed by atoms with Gasteiger partial charge in [-0.2, -0.15) is 4.68 Å². The summed E-state index contributed by atoms with van der Waals surface area (Å²) in [5.41, 5.74) is -0.366. The van der Waals surface area contributed by atoms with E-state index in [1.807, 2.05) is 0 Å². The standard InChI is InChI=1S/C6H5N5O3/c1-10-4-3(5(9-10)11(13)14)6(12)8-2-7-4/h2H,1H3,(H,7,8,12). The van der Waals surface area contributed by atoms with Gasteiger partial charge in [-0.05, 0) is 4.92 Å². The first-order valence-electron chi connectivity index (χ1n) is 3.66. The minimum Gasteiger partial charge on any atom is -0.358 e. The third-order valence-corrected chi connectivity index (χ3v) is 1.78. The molecule has 8 heteroatoms. The average Bonchev–Trinajstić information content (AvgIpc) is 2.46. The van der Waals surface area contributed by atoms with E-state index in [-0.39, 0.29) is 11.0 Å². The summed E-state index contributed by atoms with van der Waals surface area (Å²) in [4.78, 5) is 27.1. The van der Waals surface area contributed by atoms with Gasteiger partial charge < -0.3 is 15.1 Å². The molecule has 1 N–H and O–H groups in total. The fraction of sp³-hybridized carbons (Fsp3) is 0.167. The highest BCUT2D eigenvalue weighted by molar-refractivity contribution is 5.82. The molecule has 0 saturated heterocycles. The Morgan fingerprint density at radius 3 is 3.00 bits per heavy atom. The summed E-state index contributed by atoms with van der Waals surface area (Å²) in [6.45, 7) is 0. The Balaban J connectivity index is 3.00. The van der Waals surface area contributed by atoms with E-state index in [0.29, 0.717) is 0 Å². The molecule has 2 aromatic heterocycles. The van der Waals surface area contributed by atoms with Crippen molar-refractivity contribution in [2.45, 2.75) is 0 Å². The second kappa shape index (κ2) is 2.62. The number of nitro groups is 1. The van der Waals surface area contributed by atoms with E-state index in [1.165, 1.54) is 18.1 Å². The minimum atomic E-state index is -0.709. The molecule has 2 heterocycles. The first-order chi connectivity index (χ1) is 6.61. The molecular formula is C6H5N5O3. The Labute approximate surface area is 76.3 Å². The molecular weight excluding hydrogens is 190 g/mol. The third-order valence-electron chi connectivity index (χ3n) is 1.78. The number of nitrogens with zero attached hydrogens (tertiary/aromatic N) is 4. The normalized spacial score (nSPS) is 10.6. The topological polar surface area (TPSA) is 107 Å². The highest BCUT2D eigenvalue weighted by Crippen LogP contribution is 2.17. The van der Waals surface area contributed by atoms with E-state index >= 15 is 0 Å². The molecule has 0 atom stereocenters. The van der Waals surface area contributed by atoms with Crippen LogP contribution in [0.25, 0.3) is 11.0 Å². The fourth-order valence-corrected chi connectivity index (χ4v) is 1.20. The molecule has 14 heavy (non-hydrogen) atoms. The summed E-state index contributed by atoms with van der Waals surface area (Å²) < 4.78 is 1.20. The number of aryl methyl sites for hydroxylation is 1. The molecule has 0 amide bonds. The van der Waals surface area contributed by atoms with Crippen molar-refractivity contribution in [3.05, 3.63) is 26.8 Å². The molecule has 72 valence electrons. The van der Waals surface area contributed by atoms with Gasteiger partial charge in [0, 0.05) is 0 Å². The summed E-state index contributed by atoms with van der Waals surface area (Å²) in [6.07, 6.45) is 1.18. The van der Waals surface area contributed by atoms with Crippen LogP contribution in [0.2, 0.25) is 0 Å². The molecule has 2 aromatic rings. The van der Waals surface area contributed by atoms with E-state index in [1.54, 1.807) is 0 Å². The van der Waals surface area contributed by atoms with Crippen LogP contribution in [0.1, 0.15) is 0 Å². The lowest BCUT2D eigenvalue weighted by atomic mass is 10.4. The SMILES string of the molecule is Cn1nc([N+](=O)[O-])c2c(=O)[nH]cnc21. The number of H-pyrrole nitrogens is 1. The van der Waals surface area contributed by atoms with Crippen molar-refractivity contribution in [3.63, 3.8) is 0 Å². The predicted octanol–water partition coefficient (Wildman–Crippen LogP) is -0.435. The number of rotatable bonds is 1. The Bertz CT molecular complexity index is 568. The molecule has 0 spiro atoms. The van der Waals surface area contributed by atoms with Gasteiger partial charge >= 0.3 is 5.82 Å². The van der Waals surface area contributed by atoms with Crippen LogP contribution in [0.4, 0.5) is 5.82 Å². The number of nitrogens with one attached hydrogen (secondary N) is 1. The molecule has 8 nitrogen and oxygen atoms in total. The Kier molecular flexibility index (Phi) is 1.56. The van der Waals surface area contributed by atoms with Gasteiger partial charge in [-0.3, -0.25) is 4.79 Å². The highest BCUT2D eigenvalue weighted by atomic mass is 16.6. The van der Waals surface area contributed by atoms with Crippen LogP contribution in [0.5, 0.6) is 0 Å². The molecule has 0 aromatic carbocycles. The largest absolute Gasteiger partial charge is 0.405 e.